The van der Waals surface area contributed by atoms with Crippen molar-refractivity contribution in [2.75, 3.05) is 20.7 Å². The fraction of sp³-hybridized carbons (Fsp3) is 0.471. The van der Waals surface area contributed by atoms with Crippen molar-refractivity contribution >= 4 is 29.9 Å². The summed E-state index contributed by atoms with van der Waals surface area (Å²) in [6, 6.07) is 8.14. The van der Waals surface area contributed by atoms with Crippen LogP contribution < -0.4 is 15.4 Å². The minimum Gasteiger partial charge on any atom is -0.497 e. The van der Waals surface area contributed by atoms with E-state index in [9.17, 15) is 0 Å². The Bertz CT molecular complexity index is 698. The van der Waals surface area contributed by atoms with Gasteiger partial charge in [-0.25, -0.2) is 4.98 Å². The van der Waals surface area contributed by atoms with Crippen LogP contribution in [0.15, 0.2) is 35.6 Å². The first-order chi connectivity index (χ1) is 11.5. The SMILES string of the molecule is CN=C(NCc1ncnn1C)NCC(C)(C)c1cccc(OC)c1.I. The number of nitrogens with one attached hydrogen (secondary N) is 2. The van der Waals surface area contributed by atoms with E-state index < -0.39 is 0 Å². The minimum absolute atomic E-state index is 0. The number of aliphatic imine (C=N–C) groups is 1. The molecular weight excluding hydrogens is 431 g/mol. The van der Waals surface area contributed by atoms with Gasteiger partial charge in [0.05, 0.1) is 13.7 Å². The number of methoxy groups -OCH3 is 1. The van der Waals surface area contributed by atoms with Gasteiger partial charge in [-0.2, -0.15) is 5.10 Å². The monoisotopic (exact) mass is 458 g/mol. The van der Waals surface area contributed by atoms with Crippen LogP contribution in [-0.2, 0) is 19.0 Å². The van der Waals surface area contributed by atoms with Crippen LogP contribution in [0.4, 0.5) is 0 Å². The van der Waals surface area contributed by atoms with Crippen LogP contribution in [0.5, 0.6) is 5.75 Å². The van der Waals surface area contributed by atoms with E-state index in [-0.39, 0.29) is 29.4 Å². The van der Waals surface area contributed by atoms with Crippen molar-refractivity contribution < 1.29 is 4.74 Å². The molecule has 7 nitrogen and oxygen atoms in total. The molecule has 1 heterocycles. The maximum atomic E-state index is 5.32. The molecule has 0 aliphatic rings. The molecule has 0 radical (unpaired) electrons. The number of benzene rings is 1. The van der Waals surface area contributed by atoms with Gasteiger partial charge in [-0.3, -0.25) is 9.67 Å². The number of guanidine groups is 1. The molecular formula is C17H27IN6O. The number of hydrogen-bond donors (Lipinski definition) is 2. The molecule has 1 aromatic carbocycles. The Kier molecular flexibility index (Phi) is 8.14. The zero-order valence-corrected chi connectivity index (χ0v) is 17.7. The van der Waals surface area contributed by atoms with E-state index in [4.69, 9.17) is 4.74 Å². The molecule has 2 N–H and O–H groups in total. The van der Waals surface area contributed by atoms with Crippen molar-refractivity contribution in [1.29, 1.82) is 0 Å². The van der Waals surface area contributed by atoms with Crippen molar-refractivity contribution in [3.63, 3.8) is 0 Å². The Morgan fingerprint density at radius 3 is 2.68 bits per heavy atom. The molecule has 25 heavy (non-hydrogen) atoms. The Hall–Kier alpha value is -1.84. The van der Waals surface area contributed by atoms with Crippen LogP contribution >= 0.6 is 24.0 Å². The van der Waals surface area contributed by atoms with Gasteiger partial charge in [-0.15, -0.1) is 24.0 Å². The van der Waals surface area contributed by atoms with E-state index in [0.717, 1.165) is 24.1 Å². The molecule has 0 amide bonds. The first-order valence-corrected chi connectivity index (χ1v) is 7.88. The van der Waals surface area contributed by atoms with Crippen LogP contribution in [0.1, 0.15) is 25.2 Å². The van der Waals surface area contributed by atoms with Gasteiger partial charge in [0.1, 0.15) is 17.9 Å². The highest BCUT2D eigenvalue weighted by atomic mass is 127. The average Bonchev–Trinajstić information content (AvgIpc) is 3.00. The summed E-state index contributed by atoms with van der Waals surface area (Å²) in [4.78, 5) is 8.45. The Labute approximate surface area is 166 Å². The Morgan fingerprint density at radius 1 is 1.32 bits per heavy atom. The highest BCUT2D eigenvalue weighted by Gasteiger charge is 2.21. The van der Waals surface area contributed by atoms with Gasteiger partial charge in [0.25, 0.3) is 0 Å². The van der Waals surface area contributed by atoms with Crippen LogP contribution in [0, 0.1) is 0 Å². The quantitative estimate of drug-likeness (QED) is 0.394. The molecule has 0 aliphatic carbocycles. The van der Waals surface area contributed by atoms with Crippen molar-refractivity contribution in [2.45, 2.75) is 25.8 Å². The molecule has 0 saturated heterocycles. The van der Waals surface area contributed by atoms with E-state index in [1.807, 2.05) is 19.2 Å². The van der Waals surface area contributed by atoms with Gasteiger partial charge < -0.3 is 15.4 Å². The van der Waals surface area contributed by atoms with Crippen LogP contribution in [-0.4, -0.2) is 41.4 Å². The standard InChI is InChI=1S/C17H26N6O.HI/c1-17(2,13-7-6-8-14(9-13)24-5)11-20-16(18-3)19-10-15-21-12-22-23(15)4;/h6-9,12H,10-11H2,1-5H3,(H2,18,19,20);1H. The molecule has 1 aromatic heterocycles. The lowest BCUT2D eigenvalue weighted by Crippen LogP contribution is -2.43. The van der Waals surface area contributed by atoms with Gasteiger partial charge in [0.2, 0.25) is 0 Å². The van der Waals surface area contributed by atoms with Crippen molar-refractivity contribution in [3.8, 4) is 5.75 Å². The number of hydrogen-bond acceptors (Lipinski definition) is 4. The predicted octanol–water partition coefficient (Wildman–Crippen LogP) is 2.08. The van der Waals surface area contributed by atoms with Gasteiger partial charge >= 0.3 is 0 Å². The lowest BCUT2D eigenvalue weighted by atomic mass is 9.84. The molecule has 0 atom stereocenters. The van der Waals surface area contributed by atoms with E-state index in [1.54, 1.807) is 25.2 Å². The fourth-order valence-corrected chi connectivity index (χ4v) is 2.31. The van der Waals surface area contributed by atoms with Gasteiger partial charge in [0, 0.05) is 26.1 Å². The van der Waals surface area contributed by atoms with E-state index >= 15 is 0 Å². The van der Waals surface area contributed by atoms with Crippen molar-refractivity contribution in [2.24, 2.45) is 12.0 Å². The van der Waals surface area contributed by atoms with E-state index in [0.29, 0.717) is 6.54 Å². The number of aromatic nitrogens is 3. The first kappa shape index (κ1) is 21.2. The van der Waals surface area contributed by atoms with Crippen LogP contribution in [0.3, 0.4) is 0 Å². The third kappa shape index (κ3) is 5.87. The normalized spacial score (nSPS) is 11.6. The predicted molar refractivity (Wildman–Crippen MR) is 111 cm³/mol. The zero-order chi connectivity index (χ0) is 17.6. The molecule has 138 valence electrons. The van der Waals surface area contributed by atoms with Gasteiger partial charge in [-0.05, 0) is 17.7 Å². The Morgan fingerprint density at radius 2 is 2.08 bits per heavy atom. The molecule has 2 rings (SSSR count). The summed E-state index contributed by atoms with van der Waals surface area (Å²) in [5.41, 5.74) is 1.13. The number of rotatable bonds is 6. The second kappa shape index (κ2) is 9.59. The maximum absolute atomic E-state index is 5.32. The summed E-state index contributed by atoms with van der Waals surface area (Å²) in [7, 11) is 5.30. The highest BCUT2D eigenvalue weighted by molar-refractivity contribution is 14.0. The Balaban J connectivity index is 0.00000312. The number of ether oxygens (including phenoxy) is 1. The second-order valence-corrected chi connectivity index (χ2v) is 6.20. The summed E-state index contributed by atoms with van der Waals surface area (Å²) in [6.07, 6.45) is 1.54. The van der Waals surface area contributed by atoms with Crippen molar-refractivity contribution in [3.05, 3.63) is 42.0 Å². The third-order valence-corrected chi connectivity index (χ3v) is 3.99. The van der Waals surface area contributed by atoms with E-state index in [1.165, 1.54) is 5.56 Å². The fourth-order valence-electron chi connectivity index (χ4n) is 2.31. The number of nitrogens with zero attached hydrogens (tertiary/aromatic N) is 4. The van der Waals surface area contributed by atoms with Crippen LogP contribution in [0.25, 0.3) is 0 Å². The number of halogens is 1. The summed E-state index contributed by atoms with van der Waals surface area (Å²) >= 11 is 0. The van der Waals surface area contributed by atoms with Crippen molar-refractivity contribution in [1.82, 2.24) is 25.4 Å². The summed E-state index contributed by atoms with van der Waals surface area (Å²) < 4.78 is 7.05. The molecule has 2 aromatic rings. The summed E-state index contributed by atoms with van der Waals surface area (Å²) in [5.74, 6) is 2.45. The molecule has 0 spiro atoms. The topological polar surface area (TPSA) is 76.4 Å². The zero-order valence-electron chi connectivity index (χ0n) is 15.4. The van der Waals surface area contributed by atoms with Gasteiger partial charge in [0.15, 0.2) is 5.96 Å². The lowest BCUT2D eigenvalue weighted by Gasteiger charge is -2.27. The second-order valence-electron chi connectivity index (χ2n) is 6.20. The third-order valence-electron chi connectivity index (χ3n) is 3.99. The van der Waals surface area contributed by atoms with Crippen LogP contribution in [0.2, 0.25) is 0 Å². The number of aryl methyl sites for hydroxylation is 1. The molecule has 0 bridgehead atoms. The molecule has 0 fully saturated rings. The summed E-state index contributed by atoms with van der Waals surface area (Å²) in [6.45, 7) is 5.67. The molecule has 0 aliphatic heterocycles. The van der Waals surface area contributed by atoms with E-state index in [2.05, 4.69) is 51.7 Å². The highest BCUT2D eigenvalue weighted by Crippen LogP contribution is 2.25. The lowest BCUT2D eigenvalue weighted by molar-refractivity contribution is 0.411. The average molecular weight is 458 g/mol. The molecule has 8 heteroatoms. The molecule has 0 unspecified atom stereocenters. The summed E-state index contributed by atoms with van der Waals surface area (Å²) in [5, 5.41) is 10.7. The first-order valence-electron chi connectivity index (χ1n) is 7.88. The maximum Gasteiger partial charge on any atom is 0.191 e. The van der Waals surface area contributed by atoms with Gasteiger partial charge in [-0.1, -0.05) is 26.0 Å². The minimum atomic E-state index is -0.0725. The molecule has 0 saturated carbocycles. The smallest absolute Gasteiger partial charge is 0.191 e. The largest absolute Gasteiger partial charge is 0.497 e.